The molecule has 3 rings (SSSR count). The molecular formula is C88H163NO18. The highest BCUT2D eigenvalue weighted by Gasteiger charge is 2.54. The summed E-state index contributed by atoms with van der Waals surface area (Å²) in [5.41, 5.74) is 0. The minimum absolute atomic E-state index is 0.237. The number of allylic oxidation sites excluding steroid dienone is 7. The van der Waals surface area contributed by atoms with Crippen molar-refractivity contribution >= 4 is 5.91 Å². The third kappa shape index (κ3) is 47.3. The summed E-state index contributed by atoms with van der Waals surface area (Å²) in [6, 6.07) is -0.993. The lowest BCUT2D eigenvalue weighted by Gasteiger charge is -2.48. The van der Waals surface area contributed by atoms with Crippen molar-refractivity contribution in [1.29, 1.82) is 0 Å². The number of carbonyl (C=O) groups is 1. The third-order valence-corrected chi connectivity index (χ3v) is 22.1. The topological polar surface area (TPSA) is 307 Å². The molecule has 17 atom stereocenters. The molecule has 0 saturated carbocycles. The van der Waals surface area contributed by atoms with Gasteiger partial charge in [0.2, 0.25) is 5.91 Å². The molecule has 3 fully saturated rings. The number of amides is 1. The second-order valence-electron chi connectivity index (χ2n) is 31.7. The quantitative estimate of drug-likeness (QED) is 0.0199. The van der Waals surface area contributed by atoms with Crippen LogP contribution in [-0.2, 0) is 33.2 Å². The summed E-state index contributed by atoms with van der Waals surface area (Å²) in [7, 11) is 0. The third-order valence-electron chi connectivity index (χ3n) is 22.1. The van der Waals surface area contributed by atoms with E-state index >= 15 is 0 Å². The molecule has 1 amide bonds. The Morgan fingerprint density at radius 1 is 0.336 bits per heavy atom. The summed E-state index contributed by atoms with van der Waals surface area (Å²) in [6.45, 7) is 1.77. The van der Waals surface area contributed by atoms with Gasteiger partial charge < -0.3 is 89.9 Å². The fourth-order valence-electron chi connectivity index (χ4n) is 15.0. The van der Waals surface area contributed by atoms with E-state index in [0.29, 0.717) is 12.8 Å². The van der Waals surface area contributed by atoms with E-state index in [4.69, 9.17) is 28.4 Å². The van der Waals surface area contributed by atoms with Gasteiger partial charge in [0.05, 0.1) is 38.6 Å². The molecular weight excluding hydrogens is 1360 g/mol. The maximum absolute atomic E-state index is 13.5. The first-order chi connectivity index (χ1) is 52.3. The van der Waals surface area contributed by atoms with Crippen molar-refractivity contribution in [2.24, 2.45) is 0 Å². The molecule has 0 bridgehead atoms. The van der Waals surface area contributed by atoms with Crippen LogP contribution in [0.1, 0.15) is 373 Å². The fraction of sp³-hybridized carbons (Fsp3) is 0.898. The summed E-state index contributed by atoms with van der Waals surface area (Å²) in [5.74, 6) is -0.280. The van der Waals surface area contributed by atoms with Crippen molar-refractivity contribution in [3.63, 3.8) is 0 Å². The molecule has 0 spiro atoms. The van der Waals surface area contributed by atoms with Crippen molar-refractivity contribution in [3.8, 4) is 0 Å². The van der Waals surface area contributed by atoms with E-state index in [1.54, 1.807) is 6.08 Å². The van der Waals surface area contributed by atoms with Gasteiger partial charge in [-0.2, -0.15) is 0 Å². The average Bonchev–Trinajstić information content (AvgIpc) is 0.781. The largest absolute Gasteiger partial charge is 0.394 e. The molecule has 3 aliphatic rings. The van der Waals surface area contributed by atoms with Crippen LogP contribution < -0.4 is 5.32 Å². The normalized spacial score (nSPS) is 25.7. The summed E-state index contributed by atoms with van der Waals surface area (Å²) >= 11 is 0. The number of ether oxygens (including phenoxy) is 6. The maximum Gasteiger partial charge on any atom is 0.220 e. The Hall–Kier alpha value is -2.25. The molecule has 628 valence electrons. The van der Waals surface area contributed by atoms with Gasteiger partial charge in [-0.05, 0) is 64.2 Å². The molecule has 0 aromatic rings. The van der Waals surface area contributed by atoms with Crippen molar-refractivity contribution in [1.82, 2.24) is 5.32 Å². The number of aliphatic hydroxyl groups excluding tert-OH is 11. The van der Waals surface area contributed by atoms with Crippen LogP contribution in [0.15, 0.2) is 48.6 Å². The molecule has 107 heavy (non-hydrogen) atoms. The number of carbonyl (C=O) groups excluding carboxylic acids is 1. The van der Waals surface area contributed by atoms with Gasteiger partial charge in [0.25, 0.3) is 0 Å². The Morgan fingerprint density at radius 2 is 0.626 bits per heavy atom. The molecule has 19 nitrogen and oxygen atoms in total. The number of hydrogen-bond acceptors (Lipinski definition) is 18. The molecule has 12 N–H and O–H groups in total. The lowest BCUT2D eigenvalue weighted by atomic mass is 9.96. The van der Waals surface area contributed by atoms with Crippen LogP contribution >= 0.6 is 0 Å². The van der Waals surface area contributed by atoms with E-state index in [1.807, 2.05) is 6.08 Å². The zero-order valence-electron chi connectivity index (χ0n) is 67.6. The van der Waals surface area contributed by atoms with E-state index in [-0.39, 0.29) is 18.9 Å². The Morgan fingerprint density at radius 3 is 0.991 bits per heavy atom. The highest BCUT2D eigenvalue weighted by atomic mass is 16.8. The number of unbranched alkanes of at least 4 members (excludes halogenated alkanes) is 50. The van der Waals surface area contributed by atoms with Gasteiger partial charge in [-0.3, -0.25) is 4.79 Å². The highest BCUT2D eigenvalue weighted by molar-refractivity contribution is 5.76. The van der Waals surface area contributed by atoms with Gasteiger partial charge >= 0.3 is 0 Å². The molecule has 0 aromatic heterocycles. The summed E-state index contributed by atoms with van der Waals surface area (Å²) in [5, 5.41) is 121. The maximum atomic E-state index is 13.5. The summed E-state index contributed by atoms with van der Waals surface area (Å²) < 4.78 is 34.5. The number of rotatable bonds is 72. The van der Waals surface area contributed by atoms with Gasteiger partial charge in [-0.25, -0.2) is 0 Å². The van der Waals surface area contributed by atoms with Gasteiger partial charge in [0, 0.05) is 6.42 Å². The minimum Gasteiger partial charge on any atom is -0.394 e. The minimum atomic E-state index is -1.98. The molecule has 17 unspecified atom stereocenters. The molecule has 3 aliphatic heterocycles. The molecule has 3 heterocycles. The van der Waals surface area contributed by atoms with Crippen LogP contribution in [0, 0.1) is 0 Å². The molecule has 19 heteroatoms. The van der Waals surface area contributed by atoms with Crippen LogP contribution in [0.3, 0.4) is 0 Å². The second-order valence-corrected chi connectivity index (χ2v) is 31.7. The lowest BCUT2D eigenvalue weighted by molar-refractivity contribution is -0.379. The highest BCUT2D eigenvalue weighted by Crippen LogP contribution is 2.34. The van der Waals surface area contributed by atoms with Crippen molar-refractivity contribution in [2.45, 2.75) is 478 Å². The smallest absolute Gasteiger partial charge is 0.220 e. The first-order valence-electron chi connectivity index (χ1n) is 44.4. The Kier molecular flexibility index (Phi) is 63.0. The van der Waals surface area contributed by atoms with Crippen LogP contribution in [0.4, 0.5) is 0 Å². The Balaban J connectivity index is 1.35. The van der Waals surface area contributed by atoms with E-state index < -0.39 is 124 Å². The van der Waals surface area contributed by atoms with Gasteiger partial charge in [0.1, 0.15) is 73.2 Å². The monoisotopic (exact) mass is 1520 g/mol. The van der Waals surface area contributed by atoms with Gasteiger partial charge in [-0.1, -0.05) is 351 Å². The van der Waals surface area contributed by atoms with Gasteiger partial charge in [-0.15, -0.1) is 0 Å². The SMILES string of the molecule is CCCCCCC/C=C\C/C=C\CCCCCCCCCCCCCCCCCCCC(=O)NC(COC1OC(CO)C(OC2OC(CO)C(OC3OC(CO)C(O)C(O)C3O)C(O)C2O)C(O)C1O)C(O)/C=C/CC/C=C/CCCCCCCCCCCCCCCCCCCCCCCCCCCCC. The second kappa shape index (κ2) is 68.2. The van der Waals surface area contributed by atoms with E-state index in [0.717, 1.165) is 44.9 Å². The fourth-order valence-corrected chi connectivity index (χ4v) is 15.0. The van der Waals surface area contributed by atoms with Crippen LogP contribution in [0.2, 0.25) is 0 Å². The van der Waals surface area contributed by atoms with Crippen molar-refractivity contribution in [3.05, 3.63) is 48.6 Å². The van der Waals surface area contributed by atoms with E-state index in [9.17, 15) is 61.0 Å². The molecule has 0 aliphatic carbocycles. The predicted octanol–water partition coefficient (Wildman–Crippen LogP) is 16.4. The zero-order chi connectivity index (χ0) is 77.4. The molecule has 0 radical (unpaired) electrons. The average molecular weight is 1520 g/mol. The first kappa shape index (κ1) is 98.9. The zero-order valence-corrected chi connectivity index (χ0v) is 67.6. The number of aliphatic hydroxyl groups is 11. The van der Waals surface area contributed by atoms with Crippen LogP contribution in [-0.4, -0.2) is 193 Å². The summed E-state index contributed by atoms with van der Waals surface area (Å²) in [6.07, 6.45) is 61.2. The van der Waals surface area contributed by atoms with Crippen LogP contribution in [0.5, 0.6) is 0 Å². The predicted molar refractivity (Wildman–Crippen MR) is 429 cm³/mol. The molecule has 0 aromatic carbocycles. The first-order valence-corrected chi connectivity index (χ1v) is 44.4. The van der Waals surface area contributed by atoms with Crippen molar-refractivity contribution in [2.75, 3.05) is 26.4 Å². The Labute approximate surface area is 650 Å². The molecule has 3 saturated heterocycles. The van der Waals surface area contributed by atoms with E-state index in [1.165, 1.54) is 295 Å². The van der Waals surface area contributed by atoms with E-state index in [2.05, 4.69) is 55.6 Å². The number of hydrogen-bond donors (Lipinski definition) is 12. The summed E-state index contributed by atoms with van der Waals surface area (Å²) in [4.78, 5) is 13.5. The van der Waals surface area contributed by atoms with Crippen LogP contribution in [0.25, 0.3) is 0 Å². The Bertz CT molecular complexity index is 2120. The lowest BCUT2D eigenvalue weighted by Crippen LogP contribution is -2.66. The number of nitrogens with one attached hydrogen (secondary N) is 1. The van der Waals surface area contributed by atoms with Gasteiger partial charge in [0.15, 0.2) is 18.9 Å². The van der Waals surface area contributed by atoms with Crippen molar-refractivity contribution < 1.29 is 89.4 Å². The standard InChI is InChI=1S/C88H163NO18/c1-3-5-7-9-11-13-15-17-19-21-23-25-27-29-31-33-34-35-36-38-39-41-43-45-47-49-51-53-55-57-59-61-63-65-72(93)71(89-76(94)66-64-62-60-58-56-54-52-50-48-46-44-42-40-37-32-30-28-26-24-22-20-18-16-14-12-10-8-6-4-2)70-102-86-82(100)79(97)84(74(68-91)104-86)107-88-83(101)80(98)85(75(69-92)105-88)106-87-81(99)78(96)77(95)73(67-90)103-87/h16,18,22,24,55,57,63,65,71-75,77-88,90-93,95-101H,3-15,17,19-21,23,25-54,56,58-62,64,66-70H2,1-2H3,(H,89,94)/b18-16-,24-22-,57-55+,65-63+.